The van der Waals surface area contributed by atoms with Crippen molar-refractivity contribution in [3.63, 3.8) is 0 Å². The molecule has 26 bridgehead atoms. The van der Waals surface area contributed by atoms with E-state index < -0.39 is 209 Å². The number of nitrogens with two attached hydrogens (primary N) is 1. The number of hydrogen-bond donors (Lipinski definition) is 8. The van der Waals surface area contributed by atoms with Crippen LogP contribution in [-0.4, -0.2) is 291 Å². The Morgan fingerprint density at radius 2 is 0.500 bits per heavy atom. The van der Waals surface area contributed by atoms with Crippen molar-refractivity contribution in [3.05, 3.63) is 0 Å². The Balaban J connectivity index is 0.708. The van der Waals surface area contributed by atoms with Gasteiger partial charge in [0.1, 0.15) is 153 Å². The molecule has 0 aliphatic carbocycles. The van der Waals surface area contributed by atoms with Gasteiger partial charge in [0.15, 0.2) is 44.0 Å². The van der Waals surface area contributed by atoms with Gasteiger partial charge >= 0.3 is 0 Å². The Bertz CT molecular complexity index is 1890. The maximum absolute atomic E-state index is 11.6. The minimum Gasteiger partial charge on any atom is -0.388 e. The molecular formula is C42H59NO27. The van der Waals surface area contributed by atoms with E-state index in [-0.39, 0.29) is 52.6 Å². The van der Waals surface area contributed by atoms with E-state index in [1.54, 1.807) is 0 Å². The van der Waals surface area contributed by atoms with Crippen LogP contribution >= 0.6 is 0 Å². The lowest BCUT2D eigenvalue weighted by Gasteiger charge is -2.46. The van der Waals surface area contributed by atoms with Crippen LogP contribution in [-0.2, 0) is 94.7 Å². The van der Waals surface area contributed by atoms with E-state index in [9.17, 15) is 35.7 Å². The summed E-state index contributed by atoms with van der Waals surface area (Å²) in [4.78, 5) is 0. The van der Waals surface area contributed by atoms with Crippen molar-refractivity contribution in [1.82, 2.24) is 0 Å². The van der Waals surface area contributed by atoms with E-state index in [0.29, 0.717) is 0 Å². The van der Waals surface area contributed by atoms with E-state index in [0.717, 1.165) is 0 Å². The Morgan fingerprint density at radius 1 is 0.271 bits per heavy atom. The molecule has 9 N–H and O–H groups in total. The molecule has 27 aliphatic rings. The van der Waals surface area contributed by atoms with Gasteiger partial charge in [0.05, 0.1) is 51.8 Å². The zero-order chi connectivity index (χ0) is 47.4. The number of hydrogen-bond acceptors (Lipinski definition) is 28. The largest absolute Gasteiger partial charge is 0.388 e. The smallest absolute Gasteiger partial charge is 0.187 e. The highest BCUT2D eigenvalue weighted by Gasteiger charge is 2.64. The molecule has 34 atom stereocenters. The number of aliphatic hydroxyl groups is 7. The fourth-order valence-corrected chi connectivity index (χ4v) is 12.6. The lowest BCUT2D eigenvalue weighted by Crippen LogP contribution is -2.64. The van der Waals surface area contributed by atoms with Gasteiger partial charge in [-0.25, -0.2) is 0 Å². The Morgan fingerprint density at radius 3 is 0.757 bits per heavy atom. The summed E-state index contributed by atoms with van der Waals surface area (Å²) >= 11 is 0. The first-order valence-corrected chi connectivity index (χ1v) is 24.3. The molecule has 28 heteroatoms. The zero-order valence-electron chi connectivity index (χ0n) is 37.2. The van der Waals surface area contributed by atoms with Crippen LogP contribution in [0, 0.1) is 0 Å². The molecule has 27 aliphatic heterocycles. The van der Waals surface area contributed by atoms with Gasteiger partial charge in [0.2, 0.25) is 0 Å². The van der Waals surface area contributed by atoms with Crippen LogP contribution in [0.2, 0.25) is 0 Å². The van der Waals surface area contributed by atoms with Crippen molar-refractivity contribution in [1.29, 1.82) is 0 Å². The summed E-state index contributed by atoms with van der Waals surface area (Å²) in [7, 11) is 0. The normalized spacial score (nSPS) is 62.2. The molecule has 0 spiro atoms. The Labute approximate surface area is 397 Å². The molecule has 0 saturated carbocycles. The van der Waals surface area contributed by atoms with Crippen LogP contribution in [0.3, 0.4) is 0 Å². The molecule has 27 saturated heterocycles. The second kappa shape index (κ2) is 18.3. The minimum atomic E-state index is -1.41. The quantitative estimate of drug-likeness (QED) is 0.121. The third-order valence-corrected chi connectivity index (χ3v) is 16.2. The maximum atomic E-state index is 11.6. The summed E-state index contributed by atoms with van der Waals surface area (Å²) in [5.74, 6) is 0. The molecule has 27 rings (SSSR count). The third-order valence-electron chi connectivity index (χ3n) is 16.2. The Kier molecular flexibility index (Phi) is 12.4. The maximum Gasteiger partial charge on any atom is 0.187 e. The summed E-state index contributed by atoms with van der Waals surface area (Å²) in [5.41, 5.74) is 6.16. The van der Waals surface area contributed by atoms with Gasteiger partial charge in [-0.2, -0.15) is 0 Å². The van der Waals surface area contributed by atoms with E-state index in [4.69, 9.17) is 100 Å². The Hall–Kier alpha value is -1.12. The van der Waals surface area contributed by atoms with Gasteiger partial charge in [0, 0.05) is 13.0 Å². The lowest BCUT2D eigenvalue weighted by atomic mass is 9.98. The monoisotopic (exact) mass is 1010 g/mol. The summed E-state index contributed by atoms with van der Waals surface area (Å²) in [5, 5.41) is 80.7. The summed E-state index contributed by atoms with van der Waals surface area (Å²) in [6.07, 6.45) is -36.3. The van der Waals surface area contributed by atoms with Crippen molar-refractivity contribution in [2.24, 2.45) is 5.73 Å². The fourth-order valence-electron chi connectivity index (χ4n) is 12.6. The second-order valence-electron chi connectivity index (χ2n) is 20.3. The summed E-state index contributed by atoms with van der Waals surface area (Å²) in [6, 6.07) is 0. The molecular weight excluding hydrogens is 950 g/mol. The van der Waals surface area contributed by atoms with Gasteiger partial charge < -0.3 is 136 Å². The number of ether oxygens (including phenoxy) is 20. The molecule has 70 heavy (non-hydrogen) atoms. The molecule has 0 radical (unpaired) electrons. The SMILES string of the molecule is NC[C@H]1O[C@@H]2O[C@H]3[C@@H]4OC[C@H]3O[C@H](O[C@H]3[C@@H]5OC[C@H]3O[C@H](O[C@H]3[C@@H]6OC[C@H]3O[C@H](O[C@H]3[C@@H]7OC[C@H]3O[C@H](O[C@H]3[C@@H]8OC[C@H]3O[C@H](O[C@H]3[C@@H]9OC[C@H]3O[C@H](O[C@H]1C[C@@H]2O)[C@@H]9O)[C@@H]8O)[C@@H]7O)[C@@H]6O)[C@@H]5O)[C@@H]4O. The van der Waals surface area contributed by atoms with E-state index in [1.807, 2.05) is 0 Å². The molecule has 27 fully saturated rings. The van der Waals surface area contributed by atoms with Crippen LogP contribution < -0.4 is 5.73 Å². The molecule has 0 aromatic carbocycles. The zero-order valence-corrected chi connectivity index (χ0v) is 37.2. The predicted octanol–water partition coefficient (Wildman–Crippen LogP) is -7.96. The first-order valence-electron chi connectivity index (χ1n) is 24.3. The number of rotatable bonds is 1. The second-order valence-corrected chi connectivity index (χ2v) is 20.3. The van der Waals surface area contributed by atoms with Crippen molar-refractivity contribution < 1.29 is 130 Å². The van der Waals surface area contributed by atoms with E-state index in [2.05, 4.69) is 0 Å². The van der Waals surface area contributed by atoms with Gasteiger partial charge in [-0.1, -0.05) is 0 Å². The van der Waals surface area contributed by atoms with Crippen LogP contribution in [0.25, 0.3) is 0 Å². The molecule has 0 aromatic heterocycles. The average molecular weight is 1010 g/mol. The summed E-state index contributed by atoms with van der Waals surface area (Å²) < 4.78 is 123. The van der Waals surface area contributed by atoms with Gasteiger partial charge in [0.25, 0.3) is 0 Å². The van der Waals surface area contributed by atoms with Crippen molar-refractivity contribution >= 4 is 0 Å². The number of aliphatic hydroxyl groups excluding tert-OH is 7. The molecule has 394 valence electrons. The third kappa shape index (κ3) is 7.64. The van der Waals surface area contributed by atoms with Crippen LogP contribution in [0.1, 0.15) is 6.42 Å². The molecule has 0 unspecified atom stereocenters. The van der Waals surface area contributed by atoms with Crippen molar-refractivity contribution in [2.45, 2.75) is 215 Å². The van der Waals surface area contributed by atoms with Gasteiger partial charge in [-0.3, -0.25) is 0 Å². The highest BCUT2D eigenvalue weighted by atomic mass is 16.8. The van der Waals surface area contributed by atoms with E-state index >= 15 is 0 Å². The molecule has 0 aromatic rings. The van der Waals surface area contributed by atoms with Gasteiger partial charge in [-0.15, -0.1) is 0 Å². The van der Waals surface area contributed by atoms with Crippen LogP contribution in [0.5, 0.6) is 0 Å². The van der Waals surface area contributed by atoms with Crippen molar-refractivity contribution in [2.75, 3.05) is 46.2 Å². The standard InChI is InChI=1S/C42H59NO27/c43-2-11-10-1-9(44)36(58-11)65-24-12-3-52-31(24)19(46)38(60-12)67-26-14-5-54-33(26)21(48)40(62-14)69-28-16-7-56-35(28)23(50)42(64-16)70-29-17-8-55-34(29)22(49)41(63-17)68-27-15-6-53-32(27)20(47)39(61-15)66-25-13-4-51-30(25)18(45)37(57-10)59-13/h9-42,44-50H,1-8,43H2/t9-,10-,11+,12+,13+,14+,15+,16+,17+,18+,19+,20+,21+,22+,23+,24+,25+,26+,27+,28+,29+,30+,31+,32+,33+,34+,35+,36+,37-,38+,39+,40+,41+,42+/m0/s1. The van der Waals surface area contributed by atoms with Crippen LogP contribution in [0.15, 0.2) is 0 Å². The van der Waals surface area contributed by atoms with E-state index in [1.165, 1.54) is 0 Å². The molecule has 28 nitrogen and oxygen atoms in total. The lowest BCUT2D eigenvalue weighted by molar-refractivity contribution is -0.359. The molecule has 0 amide bonds. The van der Waals surface area contributed by atoms with Crippen LogP contribution in [0.4, 0.5) is 0 Å². The first-order chi connectivity index (χ1) is 34.0. The highest BCUT2D eigenvalue weighted by Crippen LogP contribution is 2.45. The van der Waals surface area contributed by atoms with Crippen molar-refractivity contribution in [3.8, 4) is 0 Å². The highest BCUT2D eigenvalue weighted by molar-refractivity contribution is 5.06. The molecule has 27 heterocycles. The minimum absolute atomic E-state index is 0.0172. The topological polar surface area (TPSA) is 352 Å². The summed E-state index contributed by atoms with van der Waals surface area (Å²) in [6.45, 7) is 0.0363. The average Bonchev–Trinajstić information content (AvgIpc) is 4.16. The predicted molar refractivity (Wildman–Crippen MR) is 209 cm³/mol. The first kappa shape index (κ1) is 47.3. The fraction of sp³-hybridized carbons (Fsp3) is 1.00. The van der Waals surface area contributed by atoms with Gasteiger partial charge in [-0.05, 0) is 0 Å².